The minimum Gasteiger partial charge on any atom is -0.457 e. The van der Waals surface area contributed by atoms with Gasteiger partial charge < -0.3 is 14.5 Å². The van der Waals surface area contributed by atoms with Gasteiger partial charge in [0.1, 0.15) is 24.2 Å². The predicted molar refractivity (Wildman–Crippen MR) is 229 cm³/mol. The van der Waals surface area contributed by atoms with Gasteiger partial charge in [0.05, 0.1) is 39.6 Å². The molecule has 0 N–H and O–H groups in total. The molecule has 0 amide bonds. The number of hydrogen-bond donors (Lipinski definition) is 0. The maximum atomic E-state index is 7.26. The third-order valence-electron chi connectivity index (χ3n) is 13.2. The van der Waals surface area contributed by atoms with Crippen molar-refractivity contribution in [3.05, 3.63) is 203 Å². The molecule has 0 atom stereocenters. The molecule has 0 radical (unpaired) electrons. The molecule has 5 heterocycles. The van der Waals surface area contributed by atoms with Crippen molar-refractivity contribution in [2.24, 2.45) is 0 Å². The molecule has 12 rings (SSSR count). The van der Waals surface area contributed by atoms with Gasteiger partial charge in [-0.15, -0.1) is 0 Å². The quantitative estimate of drug-likeness (QED) is 0.174. The third-order valence-corrected chi connectivity index (χ3v) is 13.2. The molecule has 0 fully saturated rings. The second-order valence-corrected chi connectivity index (χ2v) is 16.8. The first kappa shape index (κ1) is 33.1. The van der Waals surface area contributed by atoms with E-state index in [0.29, 0.717) is 0 Å². The van der Waals surface area contributed by atoms with Gasteiger partial charge >= 0.3 is 0 Å². The van der Waals surface area contributed by atoms with Gasteiger partial charge in [0.2, 0.25) is 0 Å². The molecular formula is C51H38N6O. The Morgan fingerprint density at radius 1 is 0.414 bits per heavy atom. The molecule has 2 aromatic heterocycles. The fraction of sp³-hybridized carbons (Fsp3) is 0.137. The van der Waals surface area contributed by atoms with E-state index < -0.39 is 5.41 Å². The van der Waals surface area contributed by atoms with Crippen LogP contribution in [-0.4, -0.2) is 19.9 Å². The molecular weight excluding hydrogens is 713 g/mol. The maximum Gasteiger partial charge on any atom is 0.134 e. The highest BCUT2D eigenvalue weighted by atomic mass is 16.5. The summed E-state index contributed by atoms with van der Waals surface area (Å²) in [4.78, 5) is 23.7. The fourth-order valence-electron chi connectivity index (χ4n) is 10.6. The summed E-state index contributed by atoms with van der Waals surface area (Å²) in [6, 6.07) is 48.3. The molecule has 3 aliphatic heterocycles. The van der Waals surface area contributed by atoms with E-state index >= 15 is 0 Å². The maximum absolute atomic E-state index is 7.26. The Morgan fingerprint density at radius 2 is 0.776 bits per heavy atom. The lowest BCUT2D eigenvalue weighted by Gasteiger charge is -2.43. The van der Waals surface area contributed by atoms with Crippen LogP contribution in [0.15, 0.2) is 159 Å². The Morgan fingerprint density at radius 3 is 1.16 bits per heavy atom. The van der Waals surface area contributed by atoms with Crippen LogP contribution in [0.4, 0.5) is 34.1 Å². The number of nitrogens with zero attached hydrogens (tertiary/aromatic N) is 6. The van der Waals surface area contributed by atoms with Crippen LogP contribution in [0.5, 0.6) is 11.5 Å². The van der Waals surface area contributed by atoms with Gasteiger partial charge in [-0.3, -0.25) is 0 Å². The average Bonchev–Trinajstić information content (AvgIpc) is 3.54. The molecule has 4 aliphatic rings. The summed E-state index contributed by atoms with van der Waals surface area (Å²) < 4.78 is 7.26. The van der Waals surface area contributed by atoms with Crippen LogP contribution in [0.2, 0.25) is 0 Å². The summed E-state index contributed by atoms with van der Waals surface area (Å²) in [6.45, 7) is 9.26. The van der Waals surface area contributed by atoms with Crippen molar-refractivity contribution < 1.29 is 4.74 Å². The van der Waals surface area contributed by atoms with Crippen molar-refractivity contribution in [1.82, 2.24) is 19.9 Å². The van der Waals surface area contributed by atoms with E-state index in [0.717, 1.165) is 79.3 Å². The van der Waals surface area contributed by atoms with Crippen LogP contribution in [0.25, 0.3) is 11.4 Å². The largest absolute Gasteiger partial charge is 0.457 e. The van der Waals surface area contributed by atoms with E-state index in [2.05, 4.69) is 181 Å². The van der Waals surface area contributed by atoms with Gasteiger partial charge in [-0.05, 0) is 58.7 Å². The lowest BCUT2D eigenvalue weighted by atomic mass is 9.67. The van der Waals surface area contributed by atoms with Gasteiger partial charge in [0, 0.05) is 69.0 Å². The molecule has 0 saturated heterocycles. The smallest absolute Gasteiger partial charge is 0.134 e. The Balaban J connectivity index is 1.11. The molecule has 0 saturated carbocycles. The zero-order valence-electron chi connectivity index (χ0n) is 32.6. The van der Waals surface area contributed by atoms with E-state index in [1.807, 2.05) is 12.4 Å². The Bertz CT molecular complexity index is 2740. The van der Waals surface area contributed by atoms with Crippen LogP contribution in [-0.2, 0) is 16.2 Å². The number of hydrogen-bond acceptors (Lipinski definition) is 7. The average molecular weight is 751 g/mol. The van der Waals surface area contributed by atoms with Crippen molar-refractivity contribution in [3.63, 3.8) is 0 Å². The van der Waals surface area contributed by atoms with Crippen molar-refractivity contribution >= 4 is 34.1 Å². The summed E-state index contributed by atoms with van der Waals surface area (Å²) in [5.74, 6) is 1.52. The number of fused-ring (bicyclic) bond motifs is 13. The summed E-state index contributed by atoms with van der Waals surface area (Å²) in [6.07, 6.45) is 7.11. The van der Waals surface area contributed by atoms with Gasteiger partial charge in [0.25, 0.3) is 0 Å². The number of anilines is 6. The molecule has 0 bridgehead atoms. The zero-order valence-corrected chi connectivity index (χ0v) is 32.6. The summed E-state index contributed by atoms with van der Waals surface area (Å²) in [5, 5.41) is 0. The van der Waals surface area contributed by atoms with Crippen LogP contribution in [0, 0.1) is 0 Å². The second kappa shape index (κ2) is 11.5. The predicted octanol–water partition coefficient (Wildman–Crippen LogP) is 12.0. The molecule has 7 nitrogen and oxygen atoms in total. The first-order chi connectivity index (χ1) is 28.3. The highest BCUT2D eigenvalue weighted by molar-refractivity contribution is 5.91. The first-order valence-electron chi connectivity index (χ1n) is 19.9. The standard InChI is InChI=1S/C51H38N6O/c1-49(2)33-13-5-9-17-41(33)56(42-18-10-6-14-34(42)49)31-21-23-37-45(25-31)58-46-26-32(57-43-19-11-7-15-35(43)50(3,4)36-16-8-12-20-44(36)57)22-24-38(46)51(37)39-27-52-29-54-47(39)48-40(51)28-53-30-55-48/h5-30H,1-4H3. The van der Waals surface area contributed by atoms with Gasteiger partial charge in [0.15, 0.2) is 0 Å². The summed E-state index contributed by atoms with van der Waals surface area (Å²) in [5.41, 5.74) is 16.1. The van der Waals surface area contributed by atoms with Crippen LogP contribution < -0.4 is 14.5 Å². The Hall–Kier alpha value is -7.12. The van der Waals surface area contributed by atoms with Crippen molar-refractivity contribution in [2.45, 2.75) is 43.9 Å². The third kappa shape index (κ3) is 4.12. The fourth-order valence-corrected chi connectivity index (χ4v) is 10.6. The zero-order chi connectivity index (χ0) is 39.0. The normalized spacial score (nSPS) is 16.4. The minimum atomic E-state index is -0.827. The number of ether oxygens (including phenoxy) is 1. The lowest BCUT2D eigenvalue weighted by molar-refractivity contribution is 0.436. The molecule has 8 aromatic rings. The molecule has 58 heavy (non-hydrogen) atoms. The summed E-state index contributed by atoms with van der Waals surface area (Å²) >= 11 is 0. The van der Waals surface area contributed by atoms with E-state index in [9.17, 15) is 0 Å². The minimum absolute atomic E-state index is 0.175. The van der Waals surface area contributed by atoms with E-state index in [4.69, 9.17) is 14.7 Å². The highest BCUT2D eigenvalue weighted by Gasteiger charge is 2.53. The highest BCUT2D eigenvalue weighted by Crippen LogP contribution is 2.63. The van der Waals surface area contributed by atoms with Crippen molar-refractivity contribution in [1.29, 1.82) is 0 Å². The molecule has 1 aliphatic carbocycles. The Labute approximate surface area is 337 Å². The van der Waals surface area contributed by atoms with Crippen molar-refractivity contribution in [3.8, 4) is 22.9 Å². The monoisotopic (exact) mass is 750 g/mol. The van der Waals surface area contributed by atoms with Crippen LogP contribution >= 0.6 is 0 Å². The van der Waals surface area contributed by atoms with Crippen molar-refractivity contribution in [2.75, 3.05) is 9.80 Å². The van der Waals surface area contributed by atoms with Gasteiger partial charge in [-0.1, -0.05) is 113 Å². The van der Waals surface area contributed by atoms with Gasteiger partial charge in [-0.25, -0.2) is 19.9 Å². The molecule has 0 unspecified atom stereocenters. The molecule has 278 valence electrons. The number of aromatic nitrogens is 4. The van der Waals surface area contributed by atoms with Crippen LogP contribution in [0.3, 0.4) is 0 Å². The number of benzene rings is 6. The SMILES string of the molecule is CC1(C)c2ccccc2N(c2ccc3c(c2)Oc2cc(N4c5ccccc5C(C)(C)c5ccccc54)ccc2C32c3cncnc3-c3ncncc32)c2ccccc21. The molecule has 7 heteroatoms. The van der Waals surface area contributed by atoms with Gasteiger partial charge in [-0.2, -0.15) is 0 Å². The number of rotatable bonds is 2. The molecule has 6 aromatic carbocycles. The van der Waals surface area contributed by atoms with E-state index in [1.54, 1.807) is 12.7 Å². The number of para-hydroxylation sites is 4. The lowest BCUT2D eigenvalue weighted by Crippen LogP contribution is -2.33. The molecule has 1 spiro atoms. The summed E-state index contributed by atoms with van der Waals surface area (Å²) in [7, 11) is 0. The first-order valence-corrected chi connectivity index (χ1v) is 19.9. The van der Waals surface area contributed by atoms with E-state index in [-0.39, 0.29) is 10.8 Å². The Kier molecular flexibility index (Phi) is 6.54. The van der Waals surface area contributed by atoms with Crippen LogP contribution in [0.1, 0.15) is 72.2 Å². The van der Waals surface area contributed by atoms with E-state index in [1.165, 1.54) is 22.3 Å². The second-order valence-electron chi connectivity index (χ2n) is 16.8. The topological polar surface area (TPSA) is 67.3 Å².